The summed E-state index contributed by atoms with van der Waals surface area (Å²) in [7, 11) is -1.93. The lowest BCUT2D eigenvalue weighted by molar-refractivity contribution is 0.0445. The Kier molecular flexibility index (Phi) is 6.18. The third-order valence-corrected chi connectivity index (χ3v) is 6.60. The van der Waals surface area contributed by atoms with Gasteiger partial charge in [-0.05, 0) is 55.9 Å². The fraction of sp³-hybridized carbons (Fsp3) is 0.714. The maximum atomic E-state index is 11.5. The van der Waals surface area contributed by atoms with Crippen LogP contribution in [0.1, 0.15) is 62.1 Å². The van der Waals surface area contributed by atoms with Crippen molar-refractivity contribution in [2.75, 3.05) is 20.2 Å². The zero-order chi connectivity index (χ0) is 19.7. The number of rotatable bonds is 7. The van der Waals surface area contributed by atoms with Gasteiger partial charge in [-0.25, -0.2) is 0 Å². The van der Waals surface area contributed by atoms with Gasteiger partial charge < -0.3 is 9.47 Å². The van der Waals surface area contributed by atoms with E-state index in [0.717, 1.165) is 41.9 Å². The van der Waals surface area contributed by atoms with Gasteiger partial charge in [0, 0.05) is 18.2 Å². The van der Waals surface area contributed by atoms with Crippen molar-refractivity contribution in [1.82, 2.24) is 0 Å². The van der Waals surface area contributed by atoms with Crippen LogP contribution in [0.4, 0.5) is 0 Å². The lowest BCUT2D eigenvalue weighted by atomic mass is 9.56. The first-order valence-corrected chi connectivity index (χ1v) is 11.6. The molecule has 5 nitrogen and oxygen atoms in total. The maximum absolute atomic E-state index is 11.5. The van der Waals surface area contributed by atoms with Crippen molar-refractivity contribution in [1.29, 1.82) is 0 Å². The second kappa shape index (κ2) is 8.10. The van der Waals surface area contributed by atoms with Gasteiger partial charge in [-0.1, -0.05) is 31.4 Å². The van der Waals surface area contributed by atoms with Crippen LogP contribution in [0.5, 0.6) is 5.75 Å². The van der Waals surface area contributed by atoms with E-state index in [0.29, 0.717) is 5.92 Å². The van der Waals surface area contributed by atoms with E-state index >= 15 is 0 Å². The average molecular weight is 397 g/mol. The zero-order valence-electron chi connectivity index (χ0n) is 16.9. The van der Waals surface area contributed by atoms with Gasteiger partial charge in [0.1, 0.15) is 5.75 Å². The summed E-state index contributed by atoms with van der Waals surface area (Å²) < 4.78 is 39.3. The quantitative estimate of drug-likeness (QED) is 0.508. The number of hydrogen-bond acceptors (Lipinski definition) is 5. The molecule has 6 heteroatoms. The summed E-state index contributed by atoms with van der Waals surface area (Å²) in [6.45, 7) is 4.53. The lowest BCUT2D eigenvalue weighted by Crippen LogP contribution is -2.40. The Balaban J connectivity index is 2.05. The molecule has 2 aliphatic rings. The summed E-state index contributed by atoms with van der Waals surface area (Å²) in [6.07, 6.45) is 8.45. The average Bonchev–Trinajstić information content (AvgIpc) is 2.57. The highest BCUT2D eigenvalue weighted by molar-refractivity contribution is 7.85. The van der Waals surface area contributed by atoms with Gasteiger partial charge in [0.2, 0.25) is 0 Å². The van der Waals surface area contributed by atoms with Gasteiger partial charge in [0.05, 0.1) is 12.9 Å². The van der Waals surface area contributed by atoms with Gasteiger partial charge in [0.25, 0.3) is 10.1 Å². The molecule has 1 aromatic carbocycles. The molecule has 0 aliphatic heterocycles. The van der Waals surface area contributed by atoms with Crippen LogP contribution in [-0.2, 0) is 31.1 Å². The SMILES string of the molecule is COCOc1c(COS(C)(=O)=O)cc(C)cc1C12CCCC(CC(C)C1)C2. The summed E-state index contributed by atoms with van der Waals surface area (Å²) in [5.74, 6) is 2.21. The van der Waals surface area contributed by atoms with Crippen molar-refractivity contribution < 1.29 is 22.1 Å². The van der Waals surface area contributed by atoms with Crippen LogP contribution in [0, 0.1) is 18.8 Å². The molecule has 2 aliphatic carbocycles. The van der Waals surface area contributed by atoms with Crippen LogP contribution in [-0.4, -0.2) is 28.6 Å². The number of benzene rings is 1. The summed E-state index contributed by atoms with van der Waals surface area (Å²) in [6, 6.07) is 4.19. The molecule has 3 atom stereocenters. The number of methoxy groups -OCH3 is 1. The molecule has 3 unspecified atom stereocenters. The molecule has 0 spiro atoms. The highest BCUT2D eigenvalue weighted by atomic mass is 32.2. The van der Waals surface area contributed by atoms with Crippen LogP contribution in [0.15, 0.2) is 12.1 Å². The molecule has 1 aromatic rings. The maximum Gasteiger partial charge on any atom is 0.264 e. The van der Waals surface area contributed by atoms with Gasteiger partial charge in [-0.15, -0.1) is 0 Å². The van der Waals surface area contributed by atoms with Gasteiger partial charge in [-0.2, -0.15) is 8.42 Å². The minimum atomic E-state index is -3.52. The molecule has 2 bridgehead atoms. The molecule has 2 fully saturated rings. The molecule has 0 radical (unpaired) electrons. The third kappa shape index (κ3) is 4.84. The minimum Gasteiger partial charge on any atom is -0.467 e. The summed E-state index contributed by atoms with van der Waals surface area (Å²) >= 11 is 0. The largest absolute Gasteiger partial charge is 0.467 e. The van der Waals surface area contributed by atoms with Gasteiger partial charge in [-0.3, -0.25) is 4.18 Å². The fourth-order valence-corrected chi connectivity index (χ4v) is 5.70. The van der Waals surface area contributed by atoms with Crippen LogP contribution >= 0.6 is 0 Å². The van der Waals surface area contributed by atoms with Gasteiger partial charge in [0.15, 0.2) is 6.79 Å². The summed E-state index contributed by atoms with van der Waals surface area (Å²) in [5.41, 5.74) is 3.21. The molecule has 152 valence electrons. The molecular weight excluding hydrogens is 364 g/mol. The van der Waals surface area contributed by atoms with E-state index in [4.69, 9.17) is 13.7 Å². The summed E-state index contributed by atoms with van der Waals surface area (Å²) in [4.78, 5) is 0. The van der Waals surface area contributed by atoms with E-state index in [-0.39, 0.29) is 18.8 Å². The second-order valence-electron chi connectivity index (χ2n) is 8.61. The predicted molar refractivity (Wildman–Crippen MR) is 105 cm³/mol. The zero-order valence-corrected chi connectivity index (χ0v) is 17.7. The first kappa shape index (κ1) is 20.6. The van der Waals surface area contributed by atoms with Crippen molar-refractivity contribution in [2.45, 2.75) is 64.4 Å². The number of ether oxygens (including phenoxy) is 2. The Morgan fingerprint density at radius 1 is 1.26 bits per heavy atom. The molecule has 0 amide bonds. The number of hydrogen-bond donors (Lipinski definition) is 0. The first-order valence-electron chi connectivity index (χ1n) is 9.82. The fourth-order valence-electron chi connectivity index (χ4n) is 5.35. The predicted octanol–water partition coefficient (Wildman–Crippen LogP) is 4.31. The van der Waals surface area contributed by atoms with Crippen LogP contribution in [0.25, 0.3) is 0 Å². The Labute approximate surface area is 163 Å². The highest BCUT2D eigenvalue weighted by Gasteiger charge is 2.44. The topological polar surface area (TPSA) is 61.8 Å². The van der Waals surface area contributed by atoms with E-state index in [1.165, 1.54) is 31.2 Å². The Morgan fingerprint density at radius 2 is 2.04 bits per heavy atom. The normalized spacial score (nSPS) is 28.1. The Hall–Kier alpha value is -1.11. The van der Waals surface area contributed by atoms with Crippen molar-refractivity contribution in [3.63, 3.8) is 0 Å². The Bertz CT molecular complexity index is 769. The highest BCUT2D eigenvalue weighted by Crippen LogP contribution is 2.55. The standard InChI is InChI=1S/C21H32O5S/c1-15-9-18(13-26-27(4,22)23)20(25-14-24-3)19(10-15)21-7-5-6-17(12-21)8-16(2)11-21/h9-10,16-17H,5-8,11-14H2,1-4H3. The van der Waals surface area contributed by atoms with Crippen LogP contribution < -0.4 is 4.74 Å². The van der Waals surface area contributed by atoms with E-state index in [2.05, 4.69) is 19.9 Å². The van der Waals surface area contributed by atoms with Crippen molar-refractivity contribution in [2.24, 2.45) is 11.8 Å². The molecule has 0 aromatic heterocycles. The van der Waals surface area contributed by atoms with Crippen molar-refractivity contribution in [3.05, 3.63) is 28.8 Å². The summed E-state index contributed by atoms with van der Waals surface area (Å²) in [5, 5.41) is 0. The minimum absolute atomic E-state index is 0.0123. The van der Waals surface area contributed by atoms with Crippen molar-refractivity contribution >= 4 is 10.1 Å². The van der Waals surface area contributed by atoms with Crippen LogP contribution in [0.3, 0.4) is 0 Å². The molecular formula is C21H32O5S. The van der Waals surface area contributed by atoms with E-state index in [9.17, 15) is 8.42 Å². The smallest absolute Gasteiger partial charge is 0.264 e. The first-order chi connectivity index (χ1) is 12.7. The second-order valence-corrected chi connectivity index (χ2v) is 10.2. The number of fused-ring (bicyclic) bond motifs is 2. The van der Waals surface area contributed by atoms with Gasteiger partial charge >= 0.3 is 0 Å². The molecule has 2 saturated carbocycles. The molecule has 0 N–H and O–H groups in total. The van der Waals surface area contributed by atoms with E-state index in [1.807, 2.05) is 6.07 Å². The van der Waals surface area contributed by atoms with E-state index in [1.54, 1.807) is 7.11 Å². The molecule has 27 heavy (non-hydrogen) atoms. The monoisotopic (exact) mass is 396 g/mol. The molecule has 0 heterocycles. The molecule has 3 rings (SSSR count). The van der Waals surface area contributed by atoms with Crippen molar-refractivity contribution in [3.8, 4) is 5.75 Å². The third-order valence-electron chi connectivity index (χ3n) is 6.05. The Morgan fingerprint density at radius 3 is 2.74 bits per heavy atom. The number of aryl methyl sites for hydroxylation is 1. The van der Waals surface area contributed by atoms with Crippen LogP contribution in [0.2, 0.25) is 0 Å². The molecule has 0 saturated heterocycles. The van der Waals surface area contributed by atoms with E-state index < -0.39 is 10.1 Å². The lowest BCUT2D eigenvalue weighted by Gasteiger charge is -2.49.